The highest BCUT2D eigenvalue weighted by Gasteiger charge is 2.49. The van der Waals surface area contributed by atoms with Crippen molar-refractivity contribution in [3.05, 3.63) is 89.6 Å². The van der Waals surface area contributed by atoms with Crippen molar-refractivity contribution in [1.29, 1.82) is 0 Å². The number of nitrogens with zero attached hydrogens (tertiary/aromatic N) is 3. The Hall–Kier alpha value is -3.05. The highest BCUT2D eigenvalue weighted by molar-refractivity contribution is 5.82. The minimum Gasteiger partial charge on any atom is -0.390 e. The van der Waals surface area contributed by atoms with Gasteiger partial charge in [0.1, 0.15) is 5.82 Å². The Kier molecular flexibility index (Phi) is 5.07. The van der Waals surface area contributed by atoms with E-state index in [1.54, 1.807) is 12.1 Å². The van der Waals surface area contributed by atoms with Crippen molar-refractivity contribution in [2.45, 2.75) is 62.9 Å². The fourth-order valence-corrected chi connectivity index (χ4v) is 6.53. The molecule has 0 radical (unpaired) electrons. The standard InChI is InChI=1S/C29H30FN3O/c1-28(34)12-13-29(18-24-7-2-3-14-31-24)22(17-28)6-4-5-20-16-27-21(15-26(20)29)19-32-33(27)25-10-8-23(30)9-11-25/h2-3,7-11,14-16,19,22,34H,4-6,12-13,17-18H2,1H3. The first-order valence-electron chi connectivity index (χ1n) is 12.3. The van der Waals surface area contributed by atoms with Crippen molar-refractivity contribution in [1.82, 2.24) is 14.8 Å². The third kappa shape index (κ3) is 3.63. The van der Waals surface area contributed by atoms with Crippen LogP contribution in [0.5, 0.6) is 0 Å². The first-order valence-corrected chi connectivity index (χ1v) is 12.3. The minimum absolute atomic E-state index is 0.0470. The molecule has 4 nitrogen and oxygen atoms in total. The predicted molar refractivity (Wildman–Crippen MR) is 132 cm³/mol. The van der Waals surface area contributed by atoms with Gasteiger partial charge in [-0.05, 0) is 117 Å². The summed E-state index contributed by atoms with van der Waals surface area (Å²) in [5.41, 5.74) is 5.15. The SMILES string of the molecule is CC1(O)CCC2(Cc3ccccn3)c3cc4cnn(-c5ccc(F)cc5)c4cc3CCCC2C1. The summed E-state index contributed by atoms with van der Waals surface area (Å²) in [7, 11) is 0. The lowest BCUT2D eigenvalue weighted by molar-refractivity contribution is -0.0332. The number of aromatic nitrogens is 3. The van der Waals surface area contributed by atoms with Crippen LogP contribution in [0.15, 0.2) is 67.0 Å². The zero-order chi connectivity index (χ0) is 23.3. The molecular weight excluding hydrogens is 425 g/mol. The molecule has 1 N–H and O–H groups in total. The van der Waals surface area contributed by atoms with E-state index in [9.17, 15) is 9.50 Å². The van der Waals surface area contributed by atoms with Crippen LogP contribution in [-0.4, -0.2) is 25.5 Å². The second-order valence-corrected chi connectivity index (χ2v) is 10.5. The predicted octanol–water partition coefficient (Wildman–Crippen LogP) is 5.93. The van der Waals surface area contributed by atoms with Crippen LogP contribution in [0.3, 0.4) is 0 Å². The summed E-state index contributed by atoms with van der Waals surface area (Å²) in [6.45, 7) is 2.00. The zero-order valence-corrected chi connectivity index (χ0v) is 19.5. The average molecular weight is 456 g/mol. The maximum atomic E-state index is 13.5. The number of pyridine rings is 1. The summed E-state index contributed by atoms with van der Waals surface area (Å²) < 4.78 is 15.4. The lowest BCUT2D eigenvalue weighted by Gasteiger charge is -2.49. The maximum absolute atomic E-state index is 13.5. The molecule has 1 fully saturated rings. The Bertz CT molecular complexity index is 1330. The Balaban J connectivity index is 1.51. The van der Waals surface area contributed by atoms with Gasteiger partial charge in [0.2, 0.25) is 0 Å². The van der Waals surface area contributed by atoms with Crippen molar-refractivity contribution in [3.8, 4) is 5.69 Å². The number of hydrogen-bond acceptors (Lipinski definition) is 3. The topological polar surface area (TPSA) is 50.9 Å². The van der Waals surface area contributed by atoms with Crippen LogP contribution in [0, 0.1) is 11.7 Å². The van der Waals surface area contributed by atoms with Crippen LogP contribution in [0.4, 0.5) is 4.39 Å². The van der Waals surface area contributed by atoms with E-state index in [0.29, 0.717) is 5.92 Å². The van der Waals surface area contributed by atoms with E-state index in [1.807, 2.05) is 30.1 Å². The van der Waals surface area contributed by atoms with E-state index in [4.69, 9.17) is 4.98 Å². The Morgan fingerprint density at radius 1 is 1.12 bits per heavy atom. The van der Waals surface area contributed by atoms with Crippen LogP contribution >= 0.6 is 0 Å². The number of fused-ring (bicyclic) bond motifs is 4. The molecule has 2 heterocycles. The first-order chi connectivity index (χ1) is 16.4. The van der Waals surface area contributed by atoms with Gasteiger partial charge in [-0.1, -0.05) is 6.07 Å². The first kappa shape index (κ1) is 21.5. The number of aliphatic hydroxyl groups is 1. The number of halogens is 1. The molecular formula is C29H30FN3O. The van der Waals surface area contributed by atoms with Gasteiger partial charge < -0.3 is 5.11 Å². The summed E-state index contributed by atoms with van der Waals surface area (Å²) in [4.78, 5) is 4.70. The Labute approximate surface area is 199 Å². The van der Waals surface area contributed by atoms with Crippen LogP contribution < -0.4 is 0 Å². The molecule has 2 aromatic heterocycles. The quantitative estimate of drug-likeness (QED) is 0.417. The molecule has 174 valence electrons. The fraction of sp³-hybridized carbons (Fsp3) is 0.379. The van der Waals surface area contributed by atoms with Crippen molar-refractivity contribution in [2.24, 2.45) is 5.92 Å². The average Bonchev–Trinajstić information content (AvgIpc) is 3.18. The van der Waals surface area contributed by atoms with Crippen LogP contribution in [0.25, 0.3) is 16.6 Å². The lowest BCUT2D eigenvalue weighted by atomic mass is 9.56. The molecule has 3 atom stereocenters. The Morgan fingerprint density at radius 3 is 2.76 bits per heavy atom. The smallest absolute Gasteiger partial charge is 0.123 e. The van der Waals surface area contributed by atoms with Gasteiger partial charge in [-0.2, -0.15) is 5.10 Å². The maximum Gasteiger partial charge on any atom is 0.123 e. The number of rotatable bonds is 3. The highest BCUT2D eigenvalue weighted by Crippen LogP contribution is 2.53. The van der Waals surface area contributed by atoms with E-state index >= 15 is 0 Å². The summed E-state index contributed by atoms with van der Waals surface area (Å²) in [6, 6.07) is 17.3. The van der Waals surface area contributed by atoms with Gasteiger partial charge in [0.25, 0.3) is 0 Å². The summed E-state index contributed by atoms with van der Waals surface area (Å²) >= 11 is 0. The van der Waals surface area contributed by atoms with E-state index in [0.717, 1.165) is 67.2 Å². The van der Waals surface area contributed by atoms with Crippen LogP contribution in [0.1, 0.15) is 55.8 Å². The molecule has 34 heavy (non-hydrogen) atoms. The summed E-state index contributed by atoms with van der Waals surface area (Å²) in [6.07, 6.45) is 10.5. The Morgan fingerprint density at radius 2 is 1.97 bits per heavy atom. The van der Waals surface area contributed by atoms with Crippen LogP contribution in [0.2, 0.25) is 0 Å². The molecule has 0 saturated heterocycles. The third-order valence-corrected chi connectivity index (χ3v) is 8.20. The lowest BCUT2D eigenvalue weighted by Crippen LogP contribution is -2.48. The number of aryl methyl sites for hydroxylation is 1. The van der Waals surface area contributed by atoms with E-state index in [1.165, 1.54) is 23.3 Å². The molecule has 3 unspecified atom stereocenters. The molecule has 0 bridgehead atoms. The van der Waals surface area contributed by atoms with Crippen molar-refractivity contribution < 1.29 is 9.50 Å². The van der Waals surface area contributed by atoms with Gasteiger partial charge in [-0.3, -0.25) is 4.98 Å². The normalized spacial score (nSPS) is 26.6. The van der Waals surface area contributed by atoms with E-state index in [-0.39, 0.29) is 11.2 Å². The minimum atomic E-state index is -0.611. The molecule has 2 aliphatic rings. The monoisotopic (exact) mass is 455 g/mol. The second kappa shape index (κ2) is 8.02. The molecule has 4 aromatic rings. The molecule has 1 saturated carbocycles. The van der Waals surface area contributed by atoms with Gasteiger partial charge in [0.15, 0.2) is 0 Å². The second-order valence-electron chi connectivity index (χ2n) is 10.5. The summed E-state index contributed by atoms with van der Waals surface area (Å²) in [5.74, 6) is 0.161. The molecule has 6 rings (SSSR count). The van der Waals surface area contributed by atoms with E-state index < -0.39 is 5.60 Å². The highest BCUT2D eigenvalue weighted by atomic mass is 19.1. The van der Waals surface area contributed by atoms with Crippen molar-refractivity contribution in [3.63, 3.8) is 0 Å². The summed E-state index contributed by atoms with van der Waals surface area (Å²) in [5, 5.41) is 16.8. The van der Waals surface area contributed by atoms with Crippen molar-refractivity contribution >= 4 is 10.9 Å². The third-order valence-electron chi connectivity index (χ3n) is 8.20. The zero-order valence-electron chi connectivity index (χ0n) is 19.5. The number of benzene rings is 2. The van der Waals surface area contributed by atoms with Gasteiger partial charge >= 0.3 is 0 Å². The molecule has 0 spiro atoms. The van der Waals surface area contributed by atoms with E-state index in [2.05, 4.69) is 29.4 Å². The van der Waals surface area contributed by atoms with Gasteiger partial charge in [-0.25, -0.2) is 9.07 Å². The van der Waals surface area contributed by atoms with Gasteiger partial charge in [0.05, 0.1) is 23.0 Å². The fourth-order valence-electron chi connectivity index (χ4n) is 6.53. The number of hydrogen-bond donors (Lipinski definition) is 1. The largest absolute Gasteiger partial charge is 0.390 e. The van der Waals surface area contributed by atoms with Gasteiger partial charge in [0, 0.05) is 22.7 Å². The van der Waals surface area contributed by atoms with Crippen molar-refractivity contribution in [2.75, 3.05) is 0 Å². The van der Waals surface area contributed by atoms with Gasteiger partial charge in [-0.15, -0.1) is 0 Å². The molecule has 2 aromatic carbocycles. The molecule has 0 aliphatic heterocycles. The molecule has 5 heteroatoms. The molecule has 0 amide bonds. The molecule has 2 aliphatic carbocycles. The van der Waals surface area contributed by atoms with Crippen LogP contribution in [-0.2, 0) is 18.3 Å².